The number of thiophene rings is 1. The number of aryl methyl sites for hydroxylation is 1. The third-order valence-electron chi connectivity index (χ3n) is 4.93. The lowest BCUT2D eigenvalue weighted by Gasteiger charge is -2.29. The molecule has 0 amide bonds. The summed E-state index contributed by atoms with van der Waals surface area (Å²) in [6.45, 7) is 4.63. The van der Waals surface area contributed by atoms with Gasteiger partial charge in [0.1, 0.15) is 18.1 Å². The highest BCUT2D eigenvalue weighted by Gasteiger charge is 2.25. The third kappa shape index (κ3) is 6.19. The van der Waals surface area contributed by atoms with E-state index in [2.05, 4.69) is 23.0 Å². The molecule has 1 atom stereocenters. The molecule has 0 bridgehead atoms. The number of likely N-dealkylation sites (tertiary alicyclic amines) is 1. The van der Waals surface area contributed by atoms with Crippen molar-refractivity contribution < 1.29 is 19.5 Å². The highest BCUT2D eigenvalue weighted by atomic mass is 35.5. The first-order valence-electron chi connectivity index (χ1n) is 9.42. The molecule has 3 rings (SSSR count). The predicted octanol–water partition coefficient (Wildman–Crippen LogP) is 4.05. The van der Waals surface area contributed by atoms with Crippen LogP contribution in [0.3, 0.4) is 0 Å². The molecule has 0 aliphatic carbocycles. The summed E-state index contributed by atoms with van der Waals surface area (Å²) >= 11 is 1.63. The zero-order valence-electron chi connectivity index (χ0n) is 16.7. The van der Waals surface area contributed by atoms with Crippen molar-refractivity contribution in [2.24, 2.45) is 11.1 Å². The second kappa shape index (κ2) is 11.2. The maximum absolute atomic E-state index is 11.2. The Morgan fingerprint density at radius 1 is 1.38 bits per heavy atom. The van der Waals surface area contributed by atoms with E-state index in [9.17, 15) is 9.90 Å². The van der Waals surface area contributed by atoms with Gasteiger partial charge in [-0.05, 0) is 55.5 Å². The van der Waals surface area contributed by atoms with Gasteiger partial charge in [-0.1, -0.05) is 17.3 Å². The van der Waals surface area contributed by atoms with E-state index < -0.39 is 5.97 Å². The predicted molar refractivity (Wildman–Crippen MR) is 118 cm³/mol. The van der Waals surface area contributed by atoms with E-state index in [1.165, 1.54) is 0 Å². The van der Waals surface area contributed by atoms with Crippen LogP contribution in [-0.2, 0) is 9.63 Å². The largest absolute Gasteiger partial charge is 0.497 e. The molecule has 0 unspecified atom stereocenters. The lowest BCUT2D eigenvalue weighted by molar-refractivity contribution is -0.143. The maximum Gasteiger partial charge on any atom is 0.307 e. The standard InChI is InChI=1S/C21H26N2O4S.ClH/c1-15-8-12-28-20(15)19(16-5-3-7-18(13-16)26-2)22-27-11-10-23-9-4-6-17(14-23)21(24)25;/h3,5,7-8,12-13,17H,4,6,9-11,14H2,1-2H3,(H,24,25);1H/t17-;/m1./s1. The second-order valence-corrected chi connectivity index (χ2v) is 7.83. The molecular formula is C21H27ClN2O4S. The van der Waals surface area contributed by atoms with Crippen LogP contribution in [0, 0.1) is 12.8 Å². The van der Waals surface area contributed by atoms with Crippen LogP contribution in [0.2, 0.25) is 0 Å². The van der Waals surface area contributed by atoms with Crippen molar-refractivity contribution in [3.8, 4) is 5.75 Å². The summed E-state index contributed by atoms with van der Waals surface area (Å²) in [5, 5.41) is 15.7. The average molecular weight is 439 g/mol. The molecular weight excluding hydrogens is 412 g/mol. The first-order valence-corrected chi connectivity index (χ1v) is 10.3. The lowest BCUT2D eigenvalue weighted by Crippen LogP contribution is -2.40. The highest BCUT2D eigenvalue weighted by molar-refractivity contribution is 7.12. The molecule has 0 spiro atoms. The van der Waals surface area contributed by atoms with Crippen LogP contribution in [0.25, 0.3) is 0 Å². The van der Waals surface area contributed by atoms with Crippen LogP contribution in [0.4, 0.5) is 0 Å². The van der Waals surface area contributed by atoms with Gasteiger partial charge in [0.15, 0.2) is 0 Å². The van der Waals surface area contributed by atoms with Crippen molar-refractivity contribution >= 4 is 35.4 Å². The van der Waals surface area contributed by atoms with Gasteiger partial charge in [0.2, 0.25) is 0 Å². The number of rotatable bonds is 8. The van der Waals surface area contributed by atoms with E-state index in [1.54, 1.807) is 18.4 Å². The molecule has 1 fully saturated rings. The zero-order valence-corrected chi connectivity index (χ0v) is 18.3. The highest BCUT2D eigenvalue weighted by Crippen LogP contribution is 2.23. The molecule has 6 nitrogen and oxygen atoms in total. The molecule has 0 saturated carbocycles. The first kappa shape index (κ1) is 23.2. The number of carboxylic acids is 1. The van der Waals surface area contributed by atoms with Crippen molar-refractivity contribution in [3.63, 3.8) is 0 Å². The minimum absolute atomic E-state index is 0. The summed E-state index contributed by atoms with van der Waals surface area (Å²) in [6, 6.07) is 9.84. The second-order valence-electron chi connectivity index (χ2n) is 6.92. The Labute approximate surface area is 181 Å². The Morgan fingerprint density at radius 2 is 2.21 bits per heavy atom. The molecule has 29 heavy (non-hydrogen) atoms. The topological polar surface area (TPSA) is 71.4 Å². The summed E-state index contributed by atoms with van der Waals surface area (Å²) in [7, 11) is 1.64. The molecule has 1 N–H and O–H groups in total. The number of hydrogen-bond acceptors (Lipinski definition) is 6. The Kier molecular flexibility index (Phi) is 8.95. The number of methoxy groups -OCH3 is 1. The van der Waals surface area contributed by atoms with E-state index in [4.69, 9.17) is 9.57 Å². The number of nitrogens with zero attached hydrogens (tertiary/aromatic N) is 2. The number of oxime groups is 1. The Hall–Kier alpha value is -2.09. The molecule has 1 aromatic heterocycles. The fourth-order valence-electron chi connectivity index (χ4n) is 3.35. The normalized spacial score (nSPS) is 17.4. The van der Waals surface area contributed by atoms with Crippen molar-refractivity contribution in [1.29, 1.82) is 0 Å². The van der Waals surface area contributed by atoms with Gasteiger partial charge in [-0.2, -0.15) is 0 Å². The number of carboxylic acid groups (broad SMARTS) is 1. The average Bonchev–Trinajstić information content (AvgIpc) is 3.14. The van der Waals surface area contributed by atoms with Gasteiger partial charge < -0.3 is 14.7 Å². The number of aliphatic carboxylic acids is 1. The van der Waals surface area contributed by atoms with Crippen molar-refractivity contribution in [2.75, 3.05) is 33.4 Å². The Bertz CT molecular complexity index is 840. The fourth-order valence-corrected chi connectivity index (χ4v) is 4.28. The number of hydrogen-bond donors (Lipinski definition) is 1. The third-order valence-corrected chi connectivity index (χ3v) is 5.95. The maximum atomic E-state index is 11.2. The Morgan fingerprint density at radius 3 is 2.90 bits per heavy atom. The smallest absolute Gasteiger partial charge is 0.307 e. The van der Waals surface area contributed by atoms with Crippen LogP contribution < -0.4 is 4.74 Å². The molecule has 2 heterocycles. The molecule has 8 heteroatoms. The van der Waals surface area contributed by atoms with Gasteiger partial charge in [-0.25, -0.2) is 0 Å². The summed E-state index contributed by atoms with van der Waals surface area (Å²) in [5.74, 6) is -0.220. The van der Waals surface area contributed by atoms with Gasteiger partial charge in [0.05, 0.1) is 17.9 Å². The van der Waals surface area contributed by atoms with Gasteiger partial charge in [0.25, 0.3) is 0 Å². The fraction of sp³-hybridized carbons (Fsp3) is 0.429. The van der Waals surface area contributed by atoms with Crippen LogP contribution in [-0.4, -0.2) is 55.0 Å². The number of piperidine rings is 1. The number of ether oxygens (including phenoxy) is 1. The molecule has 1 saturated heterocycles. The van der Waals surface area contributed by atoms with E-state index in [0.29, 0.717) is 19.7 Å². The molecule has 0 radical (unpaired) electrons. The number of benzene rings is 1. The Balaban J connectivity index is 0.00000300. The zero-order chi connectivity index (χ0) is 19.9. The van der Waals surface area contributed by atoms with E-state index >= 15 is 0 Å². The SMILES string of the molecule is COc1cccc(C(=NOCCN2CCC[C@@H](C(=O)O)C2)c2sccc2C)c1.Cl. The van der Waals surface area contributed by atoms with Crippen LogP contribution >= 0.6 is 23.7 Å². The quantitative estimate of drug-likeness (QED) is 0.382. The van der Waals surface area contributed by atoms with E-state index in [-0.39, 0.29) is 18.3 Å². The minimum Gasteiger partial charge on any atom is -0.497 e. The molecule has 158 valence electrons. The van der Waals surface area contributed by atoms with Crippen LogP contribution in [0.15, 0.2) is 40.9 Å². The lowest BCUT2D eigenvalue weighted by atomic mass is 9.98. The van der Waals surface area contributed by atoms with Crippen LogP contribution in [0.5, 0.6) is 5.75 Å². The van der Waals surface area contributed by atoms with Gasteiger partial charge in [-0.15, -0.1) is 23.7 Å². The number of halogens is 1. The molecule has 2 aromatic rings. The van der Waals surface area contributed by atoms with Gasteiger partial charge >= 0.3 is 5.97 Å². The van der Waals surface area contributed by atoms with Crippen molar-refractivity contribution in [2.45, 2.75) is 19.8 Å². The summed E-state index contributed by atoms with van der Waals surface area (Å²) in [5.41, 5.74) is 2.87. The van der Waals surface area contributed by atoms with Crippen molar-refractivity contribution in [1.82, 2.24) is 4.90 Å². The van der Waals surface area contributed by atoms with Crippen LogP contribution in [0.1, 0.15) is 28.8 Å². The first-order chi connectivity index (χ1) is 13.6. The molecule has 1 aromatic carbocycles. The van der Waals surface area contributed by atoms with Crippen molar-refractivity contribution in [3.05, 3.63) is 51.7 Å². The van der Waals surface area contributed by atoms with Gasteiger partial charge in [0, 0.05) is 18.7 Å². The van der Waals surface area contributed by atoms with E-state index in [1.807, 2.05) is 29.6 Å². The molecule has 1 aliphatic heterocycles. The number of carbonyl (C=O) groups is 1. The minimum atomic E-state index is -0.711. The monoisotopic (exact) mass is 438 g/mol. The summed E-state index contributed by atoms with van der Waals surface area (Å²) < 4.78 is 5.34. The van der Waals surface area contributed by atoms with E-state index in [0.717, 1.165) is 46.9 Å². The molecule has 1 aliphatic rings. The summed E-state index contributed by atoms with van der Waals surface area (Å²) in [4.78, 5) is 20.1. The summed E-state index contributed by atoms with van der Waals surface area (Å²) in [6.07, 6.45) is 1.66. The van der Waals surface area contributed by atoms with Gasteiger partial charge in [-0.3, -0.25) is 9.69 Å².